The lowest BCUT2D eigenvalue weighted by atomic mass is 10.1. The minimum absolute atomic E-state index is 0. The standard InChI is InChI=1S/C17H21BrN4O.ClH/c1-21-10-9-20-17(21)15-12-19-8-11-22(15)16(23)7-6-13-4-2-3-5-14(13)18;/h2-5,9-10,15,19H,6-8,11-12H2,1H3;1H. The van der Waals surface area contributed by atoms with Gasteiger partial charge in [0.15, 0.2) is 0 Å². The summed E-state index contributed by atoms with van der Waals surface area (Å²) in [6.45, 7) is 2.32. The van der Waals surface area contributed by atoms with Crippen LogP contribution < -0.4 is 5.32 Å². The van der Waals surface area contributed by atoms with Crippen LogP contribution in [-0.4, -0.2) is 40.0 Å². The molecule has 0 bridgehead atoms. The number of piperazine rings is 1. The third kappa shape index (κ3) is 4.18. The van der Waals surface area contributed by atoms with E-state index in [1.807, 2.05) is 40.9 Å². The van der Waals surface area contributed by atoms with Gasteiger partial charge in [0.25, 0.3) is 0 Å². The molecule has 2 aromatic rings. The second-order valence-corrected chi connectivity index (χ2v) is 6.65. The molecule has 7 heteroatoms. The summed E-state index contributed by atoms with van der Waals surface area (Å²) in [4.78, 5) is 19.1. The van der Waals surface area contributed by atoms with Crippen molar-refractivity contribution in [3.8, 4) is 0 Å². The summed E-state index contributed by atoms with van der Waals surface area (Å²) in [6, 6.07) is 8.08. The van der Waals surface area contributed by atoms with Crippen molar-refractivity contribution in [2.45, 2.75) is 18.9 Å². The van der Waals surface area contributed by atoms with E-state index in [1.54, 1.807) is 6.20 Å². The van der Waals surface area contributed by atoms with E-state index in [9.17, 15) is 4.79 Å². The summed E-state index contributed by atoms with van der Waals surface area (Å²) in [7, 11) is 1.97. The molecular weight excluding hydrogens is 392 g/mol. The van der Waals surface area contributed by atoms with Crippen molar-refractivity contribution in [2.75, 3.05) is 19.6 Å². The Labute approximate surface area is 157 Å². The van der Waals surface area contributed by atoms with Gasteiger partial charge in [0.05, 0.1) is 0 Å². The summed E-state index contributed by atoms with van der Waals surface area (Å²) in [5, 5.41) is 3.36. The lowest BCUT2D eigenvalue weighted by Gasteiger charge is -2.36. The van der Waals surface area contributed by atoms with Gasteiger partial charge in [0.2, 0.25) is 5.91 Å². The molecule has 5 nitrogen and oxygen atoms in total. The highest BCUT2D eigenvalue weighted by Crippen LogP contribution is 2.23. The normalized spacial score (nSPS) is 17.4. The molecule has 1 atom stereocenters. The summed E-state index contributed by atoms with van der Waals surface area (Å²) in [5.41, 5.74) is 1.17. The smallest absolute Gasteiger partial charge is 0.223 e. The van der Waals surface area contributed by atoms with Gasteiger partial charge in [-0.3, -0.25) is 4.79 Å². The second-order valence-electron chi connectivity index (χ2n) is 5.79. The number of aryl methyl sites for hydroxylation is 2. The molecule has 1 amide bonds. The molecule has 0 spiro atoms. The average molecular weight is 414 g/mol. The summed E-state index contributed by atoms with van der Waals surface area (Å²) >= 11 is 3.55. The van der Waals surface area contributed by atoms with Crippen molar-refractivity contribution >= 4 is 34.2 Å². The second kappa shape index (κ2) is 8.65. The Morgan fingerprint density at radius 3 is 2.92 bits per heavy atom. The van der Waals surface area contributed by atoms with Gasteiger partial charge in [-0.2, -0.15) is 0 Å². The van der Waals surface area contributed by atoms with E-state index in [2.05, 4.69) is 32.3 Å². The first-order chi connectivity index (χ1) is 11.2. The minimum atomic E-state index is 0. The fourth-order valence-electron chi connectivity index (χ4n) is 3.02. The Balaban J connectivity index is 0.00000208. The highest BCUT2D eigenvalue weighted by molar-refractivity contribution is 9.10. The van der Waals surface area contributed by atoms with Crippen LogP contribution in [0.15, 0.2) is 41.1 Å². The van der Waals surface area contributed by atoms with E-state index in [-0.39, 0.29) is 24.4 Å². The van der Waals surface area contributed by atoms with E-state index in [1.165, 1.54) is 5.56 Å². The molecule has 1 unspecified atom stereocenters. The molecule has 0 aliphatic carbocycles. The van der Waals surface area contributed by atoms with Crippen LogP contribution in [-0.2, 0) is 18.3 Å². The molecule has 1 fully saturated rings. The van der Waals surface area contributed by atoms with Gasteiger partial charge in [-0.15, -0.1) is 12.4 Å². The molecule has 3 rings (SSSR count). The van der Waals surface area contributed by atoms with Gasteiger partial charge in [-0.1, -0.05) is 34.1 Å². The Kier molecular flexibility index (Phi) is 6.83. The molecule has 2 heterocycles. The third-order valence-corrected chi connectivity index (χ3v) is 5.06. The Hall–Kier alpha value is -1.37. The number of halogens is 2. The first kappa shape index (κ1) is 19.0. The molecule has 130 valence electrons. The van der Waals surface area contributed by atoms with Gasteiger partial charge in [-0.25, -0.2) is 4.98 Å². The van der Waals surface area contributed by atoms with E-state index >= 15 is 0 Å². The molecule has 1 aliphatic heterocycles. The lowest BCUT2D eigenvalue weighted by molar-refractivity contribution is -0.134. The van der Waals surface area contributed by atoms with Crippen LogP contribution in [0.5, 0.6) is 0 Å². The highest BCUT2D eigenvalue weighted by Gasteiger charge is 2.30. The number of hydrogen-bond acceptors (Lipinski definition) is 3. The predicted octanol–water partition coefficient (Wildman–Crippen LogP) is 2.71. The first-order valence-electron chi connectivity index (χ1n) is 7.87. The van der Waals surface area contributed by atoms with Crippen LogP contribution in [0.2, 0.25) is 0 Å². The van der Waals surface area contributed by atoms with Crippen molar-refractivity contribution in [3.63, 3.8) is 0 Å². The topological polar surface area (TPSA) is 50.2 Å². The fraction of sp³-hybridized carbons (Fsp3) is 0.412. The highest BCUT2D eigenvalue weighted by atomic mass is 79.9. The zero-order valence-electron chi connectivity index (χ0n) is 13.6. The maximum Gasteiger partial charge on any atom is 0.223 e. The minimum Gasteiger partial charge on any atom is -0.336 e. The van der Waals surface area contributed by atoms with Gasteiger partial charge in [0, 0.05) is 50.0 Å². The zero-order chi connectivity index (χ0) is 16.2. The number of nitrogens with zero attached hydrogens (tertiary/aromatic N) is 3. The number of aromatic nitrogens is 2. The summed E-state index contributed by atoms with van der Waals surface area (Å²) < 4.78 is 3.06. The number of benzene rings is 1. The number of carbonyl (C=O) groups excluding carboxylic acids is 1. The predicted molar refractivity (Wildman–Crippen MR) is 100 cm³/mol. The molecule has 1 aromatic heterocycles. The average Bonchev–Trinajstić information content (AvgIpc) is 3.00. The summed E-state index contributed by atoms with van der Waals surface area (Å²) in [6.07, 6.45) is 4.97. The zero-order valence-corrected chi connectivity index (χ0v) is 16.0. The quantitative estimate of drug-likeness (QED) is 0.838. The SMILES string of the molecule is Cl.Cn1ccnc1C1CNCCN1C(=O)CCc1ccccc1Br. The Bertz CT molecular complexity index is 691. The number of carbonyl (C=O) groups is 1. The third-order valence-electron chi connectivity index (χ3n) is 4.29. The Morgan fingerprint density at radius 1 is 1.42 bits per heavy atom. The number of amides is 1. The van der Waals surface area contributed by atoms with Crippen molar-refractivity contribution in [1.29, 1.82) is 0 Å². The van der Waals surface area contributed by atoms with Crippen molar-refractivity contribution in [3.05, 3.63) is 52.5 Å². The van der Waals surface area contributed by atoms with E-state index in [0.29, 0.717) is 6.42 Å². The van der Waals surface area contributed by atoms with Crippen molar-refractivity contribution in [2.24, 2.45) is 7.05 Å². The largest absolute Gasteiger partial charge is 0.336 e. The number of nitrogens with one attached hydrogen (secondary N) is 1. The van der Waals surface area contributed by atoms with Gasteiger partial charge < -0.3 is 14.8 Å². The fourth-order valence-corrected chi connectivity index (χ4v) is 3.50. The van der Waals surface area contributed by atoms with Crippen LogP contribution in [0.25, 0.3) is 0 Å². The number of imidazole rings is 1. The molecular formula is C17H22BrClN4O. The van der Waals surface area contributed by atoms with Crippen molar-refractivity contribution < 1.29 is 4.79 Å². The van der Waals surface area contributed by atoms with Crippen LogP contribution in [0, 0.1) is 0 Å². The number of rotatable bonds is 4. The van der Waals surface area contributed by atoms with E-state index < -0.39 is 0 Å². The maximum atomic E-state index is 12.7. The molecule has 1 saturated heterocycles. The summed E-state index contributed by atoms with van der Waals surface area (Å²) in [5.74, 6) is 1.13. The van der Waals surface area contributed by atoms with Gasteiger partial charge in [0.1, 0.15) is 11.9 Å². The van der Waals surface area contributed by atoms with Crippen molar-refractivity contribution in [1.82, 2.24) is 19.8 Å². The lowest BCUT2D eigenvalue weighted by Crippen LogP contribution is -2.49. The monoisotopic (exact) mass is 412 g/mol. The molecule has 1 aliphatic rings. The maximum absolute atomic E-state index is 12.7. The molecule has 0 radical (unpaired) electrons. The van der Waals surface area contributed by atoms with Gasteiger partial charge in [-0.05, 0) is 18.1 Å². The first-order valence-corrected chi connectivity index (χ1v) is 8.67. The molecule has 24 heavy (non-hydrogen) atoms. The molecule has 0 saturated carbocycles. The van der Waals surface area contributed by atoms with E-state index in [0.717, 1.165) is 36.4 Å². The van der Waals surface area contributed by atoms with E-state index in [4.69, 9.17) is 0 Å². The van der Waals surface area contributed by atoms with Crippen LogP contribution >= 0.6 is 28.3 Å². The molecule has 1 N–H and O–H groups in total. The van der Waals surface area contributed by atoms with Gasteiger partial charge >= 0.3 is 0 Å². The number of hydrogen-bond donors (Lipinski definition) is 1. The van der Waals surface area contributed by atoms with Crippen LogP contribution in [0.4, 0.5) is 0 Å². The Morgan fingerprint density at radius 2 is 2.21 bits per heavy atom. The molecule has 1 aromatic carbocycles. The van der Waals surface area contributed by atoms with Crippen LogP contribution in [0.1, 0.15) is 23.9 Å². The van der Waals surface area contributed by atoms with Crippen LogP contribution in [0.3, 0.4) is 0 Å².